The minimum Gasteiger partial charge on any atom is -0.497 e. The highest BCUT2D eigenvalue weighted by Gasteiger charge is 2.14. The summed E-state index contributed by atoms with van der Waals surface area (Å²) < 4.78 is 6.01. The van der Waals surface area contributed by atoms with Crippen LogP contribution in [0.3, 0.4) is 0 Å². The van der Waals surface area contributed by atoms with E-state index in [1.54, 1.807) is 7.11 Å². The fourth-order valence-corrected chi connectivity index (χ4v) is 2.90. The zero-order valence-corrected chi connectivity index (χ0v) is 11.7. The van der Waals surface area contributed by atoms with E-state index >= 15 is 0 Å². The highest BCUT2D eigenvalue weighted by Crippen LogP contribution is 2.21. The third-order valence-electron chi connectivity index (χ3n) is 3.51. The highest BCUT2D eigenvalue weighted by atomic mass is 32.1. The molecule has 19 heavy (non-hydrogen) atoms. The van der Waals surface area contributed by atoms with Crippen LogP contribution in [-0.2, 0) is 19.3 Å². The monoisotopic (exact) mass is 272 g/mol. The number of aromatic nitrogens is 2. The summed E-state index contributed by atoms with van der Waals surface area (Å²) in [6, 6.07) is 8.05. The van der Waals surface area contributed by atoms with Crippen LogP contribution in [0.15, 0.2) is 24.3 Å². The van der Waals surface area contributed by atoms with Gasteiger partial charge in [0.15, 0.2) is 0 Å². The van der Waals surface area contributed by atoms with Crippen molar-refractivity contribution in [2.75, 3.05) is 7.11 Å². The molecule has 0 saturated heterocycles. The zero-order valence-electron chi connectivity index (χ0n) is 10.9. The normalized spacial score (nSPS) is 13.3. The van der Waals surface area contributed by atoms with Gasteiger partial charge in [-0.25, -0.2) is 4.98 Å². The molecule has 0 aliphatic heterocycles. The Morgan fingerprint density at radius 3 is 3.11 bits per heavy atom. The number of nitrogens with zero attached hydrogens (tertiary/aromatic N) is 1. The second kappa shape index (κ2) is 5.13. The second-order valence-corrected chi connectivity index (χ2v) is 5.21. The average Bonchev–Trinajstić information content (AvgIpc) is 2.88. The van der Waals surface area contributed by atoms with Crippen molar-refractivity contribution < 1.29 is 4.74 Å². The van der Waals surface area contributed by atoms with Crippen LogP contribution in [0.4, 0.5) is 0 Å². The zero-order chi connectivity index (χ0) is 13.2. The van der Waals surface area contributed by atoms with Crippen LogP contribution < -0.4 is 4.74 Å². The smallest absolute Gasteiger partial charge is 0.133 e. The van der Waals surface area contributed by atoms with E-state index in [4.69, 9.17) is 17.0 Å². The van der Waals surface area contributed by atoms with Crippen LogP contribution in [0.5, 0.6) is 5.75 Å². The molecule has 1 aliphatic carbocycles. The molecule has 98 valence electrons. The molecule has 1 N–H and O–H groups in total. The summed E-state index contributed by atoms with van der Waals surface area (Å²) >= 11 is 5.38. The van der Waals surface area contributed by atoms with Gasteiger partial charge in [0.25, 0.3) is 0 Å². The van der Waals surface area contributed by atoms with Gasteiger partial charge in [-0.05, 0) is 37.0 Å². The van der Waals surface area contributed by atoms with E-state index in [1.807, 2.05) is 18.2 Å². The third-order valence-corrected chi connectivity index (χ3v) is 3.85. The number of aryl methyl sites for hydroxylation is 1. The Bertz CT molecular complexity index is 663. The van der Waals surface area contributed by atoms with Crippen molar-refractivity contribution in [1.82, 2.24) is 9.97 Å². The molecule has 0 spiro atoms. The Hall–Kier alpha value is -1.68. The molecule has 1 heterocycles. The number of methoxy groups -OCH3 is 1. The van der Waals surface area contributed by atoms with Crippen molar-refractivity contribution in [2.45, 2.75) is 25.7 Å². The summed E-state index contributed by atoms with van der Waals surface area (Å²) in [5.74, 6) is 1.82. The van der Waals surface area contributed by atoms with Gasteiger partial charge < -0.3 is 9.72 Å². The van der Waals surface area contributed by atoms with Gasteiger partial charge in [-0.3, -0.25) is 0 Å². The number of fused-ring (bicyclic) bond motifs is 1. The third kappa shape index (κ3) is 2.54. The Morgan fingerprint density at radius 1 is 1.37 bits per heavy atom. The van der Waals surface area contributed by atoms with E-state index in [1.165, 1.54) is 23.2 Å². The van der Waals surface area contributed by atoms with Gasteiger partial charge in [0.2, 0.25) is 0 Å². The fourth-order valence-electron chi connectivity index (χ4n) is 2.57. The van der Waals surface area contributed by atoms with Crippen molar-refractivity contribution in [3.8, 4) is 5.75 Å². The standard InChI is InChI=1S/C15H16N2OS/c1-18-11-5-2-4-10(8-11)9-14-16-13-7-3-6-12(13)15(19)17-14/h2,4-5,8H,3,6-7,9H2,1H3,(H,16,17,19). The number of hydrogen-bond acceptors (Lipinski definition) is 3. The number of hydrogen-bond donors (Lipinski definition) is 1. The van der Waals surface area contributed by atoms with Gasteiger partial charge in [-0.15, -0.1) is 0 Å². The van der Waals surface area contributed by atoms with Crippen LogP contribution in [0.1, 0.15) is 29.1 Å². The van der Waals surface area contributed by atoms with Gasteiger partial charge in [-0.1, -0.05) is 24.4 Å². The second-order valence-electron chi connectivity index (χ2n) is 4.83. The van der Waals surface area contributed by atoms with Gasteiger partial charge in [0, 0.05) is 17.7 Å². The Balaban J connectivity index is 1.91. The number of ether oxygens (including phenoxy) is 1. The maximum atomic E-state index is 5.38. The lowest BCUT2D eigenvalue weighted by Crippen LogP contribution is -2.02. The van der Waals surface area contributed by atoms with Crippen LogP contribution in [0.25, 0.3) is 0 Å². The molecule has 1 aromatic heterocycles. The van der Waals surface area contributed by atoms with E-state index in [-0.39, 0.29) is 0 Å². The molecule has 3 nitrogen and oxygen atoms in total. The number of benzene rings is 1. The first-order valence-electron chi connectivity index (χ1n) is 6.50. The Labute approximate surface area is 117 Å². The van der Waals surface area contributed by atoms with Crippen molar-refractivity contribution in [1.29, 1.82) is 0 Å². The van der Waals surface area contributed by atoms with E-state index in [2.05, 4.69) is 16.0 Å². The quantitative estimate of drug-likeness (QED) is 0.872. The lowest BCUT2D eigenvalue weighted by atomic mass is 10.1. The van der Waals surface area contributed by atoms with Gasteiger partial charge >= 0.3 is 0 Å². The summed E-state index contributed by atoms with van der Waals surface area (Å²) in [7, 11) is 1.68. The molecule has 0 fully saturated rings. The molecule has 2 aromatic rings. The summed E-state index contributed by atoms with van der Waals surface area (Å²) in [5.41, 5.74) is 3.69. The number of rotatable bonds is 3. The van der Waals surface area contributed by atoms with Crippen molar-refractivity contribution in [3.05, 3.63) is 51.6 Å². The first kappa shape index (κ1) is 12.4. The molecule has 1 aromatic carbocycles. The highest BCUT2D eigenvalue weighted by molar-refractivity contribution is 7.71. The predicted octanol–water partition coefficient (Wildman–Crippen LogP) is 3.23. The first-order chi connectivity index (χ1) is 9.26. The number of nitrogens with one attached hydrogen (secondary N) is 1. The topological polar surface area (TPSA) is 37.9 Å². The van der Waals surface area contributed by atoms with Gasteiger partial charge in [-0.2, -0.15) is 0 Å². The fraction of sp³-hybridized carbons (Fsp3) is 0.333. The van der Waals surface area contributed by atoms with E-state index in [9.17, 15) is 0 Å². The van der Waals surface area contributed by atoms with Crippen LogP contribution in [0, 0.1) is 4.64 Å². The lowest BCUT2D eigenvalue weighted by Gasteiger charge is -2.07. The van der Waals surface area contributed by atoms with Gasteiger partial charge in [0.05, 0.1) is 7.11 Å². The molecule has 0 radical (unpaired) electrons. The maximum absolute atomic E-state index is 5.38. The minimum absolute atomic E-state index is 0.758. The Kier molecular flexibility index (Phi) is 3.34. The SMILES string of the molecule is COc1cccc(Cc2nc(=S)c3c([nH]2)CCC3)c1. The van der Waals surface area contributed by atoms with E-state index in [0.29, 0.717) is 0 Å². The number of H-pyrrole nitrogens is 1. The molecule has 0 unspecified atom stereocenters. The minimum atomic E-state index is 0.758. The average molecular weight is 272 g/mol. The molecule has 0 atom stereocenters. The van der Waals surface area contributed by atoms with E-state index < -0.39 is 0 Å². The molecule has 3 rings (SSSR count). The van der Waals surface area contributed by atoms with Crippen LogP contribution in [0.2, 0.25) is 0 Å². The van der Waals surface area contributed by atoms with Crippen LogP contribution >= 0.6 is 12.2 Å². The van der Waals surface area contributed by atoms with Crippen molar-refractivity contribution in [3.63, 3.8) is 0 Å². The predicted molar refractivity (Wildman–Crippen MR) is 77.2 cm³/mol. The first-order valence-corrected chi connectivity index (χ1v) is 6.91. The molecular formula is C15H16N2OS. The molecule has 0 amide bonds. The summed E-state index contributed by atoms with van der Waals surface area (Å²) in [5, 5.41) is 0. The summed E-state index contributed by atoms with van der Waals surface area (Å²) in [6.07, 6.45) is 4.09. The Morgan fingerprint density at radius 2 is 2.26 bits per heavy atom. The summed E-state index contributed by atoms with van der Waals surface area (Å²) in [6.45, 7) is 0. The molecule has 0 saturated carbocycles. The molecular weight excluding hydrogens is 256 g/mol. The molecule has 4 heteroatoms. The summed E-state index contributed by atoms with van der Waals surface area (Å²) in [4.78, 5) is 7.95. The van der Waals surface area contributed by atoms with Crippen molar-refractivity contribution in [2.24, 2.45) is 0 Å². The largest absolute Gasteiger partial charge is 0.497 e. The lowest BCUT2D eigenvalue weighted by molar-refractivity contribution is 0.414. The van der Waals surface area contributed by atoms with Crippen molar-refractivity contribution >= 4 is 12.2 Å². The van der Waals surface area contributed by atoms with E-state index in [0.717, 1.165) is 35.5 Å². The number of aromatic amines is 1. The van der Waals surface area contributed by atoms with Gasteiger partial charge in [0.1, 0.15) is 16.2 Å². The maximum Gasteiger partial charge on any atom is 0.133 e. The van der Waals surface area contributed by atoms with Crippen LogP contribution in [-0.4, -0.2) is 17.1 Å². The molecule has 1 aliphatic rings. The molecule has 0 bridgehead atoms.